The van der Waals surface area contributed by atoms with Gasteiger partial charge in [-0.1, -0.05) is 30.3 Å². The molecule has 0 aromatic heterocycles. The zero-order valence-electron chi connectivity index (χ0n) is 14.3. The first-order valence-electron chi connectivity index (χ1n) is 8.11. The summed E-state index contributed by atoms with van der Waals surface area (Å²) in [7, 11) is -4.30. The van der Waals surface area contributed by atoms with E-state index in [1.54, 1.807) is 12.1 Å². The van der Waals surface area contributed by atoms with Gasteiger partial charge in [0.1, 0.15) is 6.54 Å². The molecule has 9 heteroatoms. The average molecular weight is 408 g/mol. The minimum absolute atomic E-state index is 0.313. The summed E-state index contributed by atoms with van der Waals surface area (Å²) in [6.45, 7) is -1.66. The molecule has 0 atom stereocenters. The summed E-state index contributed by atoms with van der Waals surface area (Å²) in [5, 5.41) is 4.51. The third-order valence-electron chi connectivity index (χ3n) is 3.90. The molecule has 0 spiro atoms. The van der Waals surface area contributed by atoms with Crippen LogP contribution in [-0.4, -0.2) is 27.0 Å². The van der Waals surface area contributed by atoms with E-state index >= 15 is 0 Å². The highest BCUT2D eigenvalue weighted by Crippen LogP contribution is 2.19. The molecule has 0 bridgehead atoms. The van der Waals surface area contributed by atoms with Crippen molar-refractivity contribution in [3.05, 3.63) is 72.3 Å². The van der Waals surface area contributed by atoms with Crippen molar-refractivity contribution < 1.29 is 26.4 Å². The monoisotopic (exact) mass is 408 g/mol. The van der Waals surface area contributed by atoms with Crippen LogP contribution in [0.25, 0.3) is 10.8 Å². The lowest BCUT2D eigenvalue weighted by Crippen LogP contribution is -2.33. The Bertz CT molecular complexity index is 1110. The minimum Gasteiger partial charge on any atom is -0.322 e. The molecule has 3 aromatic rings. The van der Waals surface area contributed by atoms with Gasteiger partial charge in [0.25, 0.3) is 5.91 Å². The zero-order chi connectivity index (χ0) is 20.4. The number of halogens is 3. The van der Waals surface area contributed by atoms with Crippen molar-refractivity contribution in [2.75, 3.05) is 11.9 Å². The molecule has 0 unspecified atom stereocenters. The van der Waals surface area contributed by atoms with Gasteiger partial charge in [-0.2, -0.15) is 13.2 Å². The average Bonchev–Trinajstić information content (AvgIpc) is 2.66. The van der Waals surface area contributed by atoms with Gasteiger partial charge in [-0.05, 0) is 47.2 Å². The second kappa shape index (κ2) is 7.61. The summed E-state index contributed by atoms with van der Waals surface area (Å²) in [6.07, 6.45) is -4.65. The van der Waals surface area contributed by atoms with Crippen molar-refractivity contribution in [2.24, 2.45) is 0 Å². The SMILES string of the molecule is O=C(Nc1ccc(S(=O)(=O)NCC(F)(F)F)cc1)c1ccc2ccccc2c1. The predicted molar refractivity (Wildman–Crippen MR) is 99.6 cm³/mol. The van der Waals surface area contributed by atoms with Gasteiger partial charge >= 0.3 is 6.18 Å². The summed E-state index contributed by atoms with van der Waals surface area (Å²) in [6, 6.07) is 17.6. The molecule has 2 N–H and O–H groups in total. The van der Waals surface area contributed by atoms with Crippen LogP contribution in [0.4, 0.5) is 18.9 Å². The van der Waals surface area contributed by atoms with Crippen LogP contribution in [0.2, 0.25) is 0 Å². The van der Waals surface area contributed by atoms with Crippen LogP contribution >= 0.6 is 0 Å². The third-order valence-corrected chi connectivity index (χ3v) is 5.31. The Morgan fingerprint density at radius 2 is 1.54 bits per heavy atom. The summed E-state index contributed by atoms with van der Waals surface area (Å²) in [4.78, 5) is 12.1. The maximum atomic E-state index is 12.4. The van der Waals surface area contributed by atoms with Crippen LogP contribution in [0, 0.1) is 0 Å². The highest BCUT2D eigenvalue weighted by Gasteiger charge is 2.30. The van der Waals surface area contributed by atoms with Crippen molar-refractivity contribution in [3.63, 3.8) is 0 Å². The molecule has 28 heavy (non-hydrogen) atoms. The van der Waals surface area contributed by atoms with Crippen LogP contribution < -0.4 is 10.0 Å². The largest absolute Gasteiger partial charge is 0.402 e. The van der Waals surface area contributed by atoms with Gasteiger partial charge in [0.05, 0.1) is 4.90 Å². The lowest BCUT2D eigenvalue weighted by Gasteiger charge is -2.10. The maximum absolute atomic E-state index is 12.4. The molecule has 0 aliphatic heterocycles. The molecule has 0 aliphatic rings. The van der Waals surface area contributed by atoms with E-state index in [1.165, 1.54) is 16.9 Å². The molecule has 0 saturated carbocycles. The number of fused-ring (bicyclic) bond motifs is 1. The minimum atomic E-state index is -4.65. The van der Waals surface area contributed by atoms with E-state index in [9.17, 15) is 26.4 Å². The van der Waals surface area contributed by atoms with Gasteiger partial charge in [-0.25, -0.2) is 13.1 Å². The molecule has 0 heterocycles. The quantitative estimate of drug-likeness (QED) is 0.672. The van der Waals surface area contributed by atoms with Crippen LogP contribution in [0.1, 0.15) is 10.4 Å². The molecule has 146 valence electrons. The summed E-state index contributed by atoms with van der Waals surface area (Å²) in [5.74, 6) is -0.392. The van der Waals surface area contributed by atoms with Crippen molar-refractivity contribution in [1.82, 2.24) is 4.72 Å². The molecule has 0 aliphatic carbocycles. The summed E-state index contributed by atoms with van der Waals surface area (Å²) < 4.78 is 61.8. The van der Waals surface area contributed by atoms with Gasteiger partial charge in [0.2, 0.25) is 10.0 Å². The number of hydrogen-bond acceptors (Lipinski definition) is 3. The standard InChI is InChI=1S/C19H15F3N2O3S/c20-19(21,22)12-23-28(26,27)17-9-7-16(8-10-17)24-18(25)15-6-5-13-3-1-2-4-14(13)11-15/h1-11,23H,12H2,(H,24,25). The van der Waals surface area contributed by atoms with Crippen molar-refractivity contribution in [3.8, 4) is 0 Å². The van der Waals surface area contributed by atoms with Gasteiger partial charge in [0, 0.05) is 11.3 Å². The summed E-state index contributed by atoms with van der Waals surface area (Å²) in [5.41, 5.74) is 0.732. The number of nitrogens with one attached hydrogen (secondary N) is 2. The predicted octanol–water partition coefficient (Wildman–Crippen LogP) is 3.93. The Hall–Kier alpha value is -2.91. The second-order valence-corrected chi connectivity index (χ2v) is 7.75. The smallest absolute Gasteiger partial charge is 0.322 e. The lowest BCUT2D eigenvalue weighted by atomic mass is 10.1. The van der Waals surface area contributed by atoms with Crippen molar-refractivity contribution in [2.45, 2.75) is 11.1 Å². The number of anilines is 1. The third kappa shape index (κ3) is 4.87. The Morgan fingerprint density at radius 3 is 2.18 bits per heavy atom. The fourth-order valence-electron chi connectivity index (χ4n) is 2.51. The Balaban J connectivity index is 1.71. The molecule has 0 saturated heterocycles. The molecule has 1 amide bonds. The van der Waals surface area contributed by atoms with Crippen LogP contribution in [0.15, 0.2) is 71.6 Å². The zero-order valence-corrected chi connectivity index (χ0v) is 15.1. The Labute approximate surface area is 159 Å². The van der Waals surface area contributed by atoms with E-state index in [1.807, 2.05) is 30.3 Å². The maximum Gasteiger partial charge on any atom is 0.402 e. The fraction of sp³-hybridized carbons (Fsp3) is 0.105. The van der Waals surface area contributed by atoms with Gasteiger partial charge in [-0.3, -0.25) is 4.79 Å². The number of alkyl halides is 3. The molecule has 0 radical (unpaired) electrons. The molecule has 3 rings (SSSR count). The van der Waals surface area contributed by atoms with E-state index < -0.39 is 28.7 Å². The Kier molecular flexibility index (Phi) is 5.39. The summed E-state index contributed by atoms with van der Waals surface area (Å²) >= 11 is 0. The number of rotatable bonds is 5. The van der Waals surface area contributed by atoms with E-state index in [0.29, 0.717) is 11.3 Å². The molecular weight excluding hydrogens is 393 g/mol. The molecular formula is C19H15F3N2O3S. The topological polar surface area (TPSA) is 75.3 Å². The normalized spacial score (nSPS) is 12.1. The van der Waals surface area contributed by atoms with Crippen LogP contribution in [-0.2, 0) is 10.0 Å². The highest BCUT2D eigenvalue weighted by atomic mass is 32.2. The van der Waals surface area contributed by atoms with Crippen molar-refractivity contribution in [1.29, 1.82) is 0 Å². The van der Waals surface area contributed by atoms with Crippen LogP contribution in [0.3, 0.4) is 0 Å². The number of carbonyl (C=O) groups is 1. The Morgan fingerprint density at radius 1 is 0.893 bits per heavy atom. The van der Waals surface area contributed by atoms with Gasteiger partial charge in [0.15, 0.2) is 0 Å². The number of benzene rings is 3. The first-order valence-corrected chi connectivity index (χ1v) is 9.59. The van der Waals surface area contributed by atoms with Crippen molar-refractivity contribution >= 4 is 32.4 Å². The molecule has 3 aromatic carbocycles. The van der Waals surface area contributed by atoms with E-state index in [4.69, 9.17) is 0 Å². The van der Waals surface area contributed by atoms with E-state index in [-0.39, 0.29) is 4.90 Å². The fourth-order valence-corrected chi connectivity index (χ4v) is 3.53. The van der Waals surface area contributed by atoms with Gasteiger partial charge < -0.3 is 5.32 Å². The van der Waals surface area contributed by atoms with E-state index in [0.717, 1.165) is 22.9 Å². The first kappa shape index (κ1) is 19.8. The van der Waals surface area contributed by atoms with Crippen LogP contribution in [0.5, 0.6) is 0 Å². The number of carbonyl (C=O) groups excluding carboxylic acids is 1. The van der Waals surface area contributed by atoms with E-state index in [2.05, 4.69) is 5.32 Å². The highest BCUT2D eigenvalue weighted by molar-refractivity contribution is 7.89. The van der Waals surface area contributed by atoms with Gasteiger partial charge in [-0.15, -0.1) is 0 Å². The lowest BCUT2D eigenvalue weighted by molar-refractivity contribution is -0.121. The second-order valence-electron chi connectivity index (χ2n) is 5.98. The number of hydrogen-bond donors (Lipinski definition) is 2. The number of sulfonamides is 1. The first-order chi connectivity index (χ1) is 13.1. The molecule has 0 fully saturated rings. The number of amides is 1. The molecule has 5 nitrogen and oxygen atoms in total.